The quantitative estimate of drug-likeness (QED) is 0.501. The number of aryl methyl sites for hydroxylation is 1. The highest BCUT2D eigenvalue weighted by Gasteiger charge is 2.20. The van der Waals surface area contributed by atoms with E-state index in [1.165, 1.54) is 11.1 Å². The lowest BCUT2D eigenvalue weighted by atomic mass is 10.1. The van der Waals surface area contributed by atoms with Crippen LogP contribution in [0.4, 0.5) is 5.82 Å². The number of aromatic nitrogens is 4. The average Bonchev–Trinajstić information content (AvgIpc) is 3.30. The fraction of sp³-hybridized carbons (Fsp3) is 0.261. The predicted octanol–water partition coefficient (Wildman–Crippen LogP) is 3.87. The molecule has 0 N–H and O–H groups in total. The van der Waals surface area contributed by atoms with Gasteiger partial charge in [-0.25, -0.2) is 14.6 Å². The SMILES string of the molecule is Cc1ccc(CN2CCN(c3ncnc4ccc(-n5cccn5)cc34)CC2)cc1.Cl. The Bertz CT molecular complexity index is 1100. The molecule has 0 radical (unpaired) electrons. The van der Waals surface area contributed by atoms with Gasteiger partial charge < -0.3 is 4.90 Å². The molecule has 154 valence electrons. The number of nitrogens with zero attached hydrogens (tertiary/aromatic N) is 6. The van der Waals surface area contributed by atoms with Crippen molar-refractivity contribution in [1.29, 1.82) is 0 Å². The molecule has 0 saturated carbocycles. The molecule has 0 bridgehead atoms. The summed E-state index contributed by atoms with van der Waals surface area (Å²) in [6.07, 6.45) is 5.41. The standard InChI is InChI=1S/C23H24N6.ClH/c1-18-3-5-19(6-4-18)16-27-11-13-28(14-12-27)23-21-15-20(29-10-2-9-26-29)7-8-22(21)24-17-25-23;/h2-10,15,17H,11-14,16H2,1H3;1H. The molecule has 7 heteroatoms. The molecular formula is C23H25ClN6. The van der Waals surface area contributed by atoms with E-state index in [1.54, 1.807) is 12.5 Å². The molecule has 1 aliphatic rings. The van der Waals surface area contributed by atoms with E-state index in [1.807, 2.05) is 29.1 Å². The van der Waals surface area contributed by atoms with Gasteiger partial charge in [0.2, 0.25) is 0 Å². The molecule has 0 spiro atoms. The Kier molecular flexibility index (Phi) is 5.97. The molecule has 6 nitrogen and oxygen atoms in total. The molecule has 5 rings (SSSR count). The molecule has 30 heavy (non-hydrogen) atoms. The summed E-state index contributed by atoms with van der Waals surface area (Å²) in [5.74, 6) is 1.01. The molecule has 2 aromatic heterocycles. The van der Waals surface area contributed by atoms with E-state index in [2.05, 4.69) is 62.1 Å². The summed E-state index contributed by atoms with van der Waals surface area (Å²) in [7, 11) is 0. The summed E-state index contributed by atoms with van der Waals surface area (Å²) in [4.78, 5) is 14.0. The molecule has 0 atom stereocenters. The van der Waals surface area contributed by atoms with Crippen LogP contribution in [-0.2, 0) is 6.54 Å². The second-order valence-corrected chi connectivity index (χ2v) is 7.60. The van der Waals surface area contributed by atoms with Crippen LogP contribution in [0.2, 0.25) is 0 Å². The molecule has 1 fully saturated rings. The summed E-state index contributed by atoms with van der Waals surface area (Å²) in [5, 5.41) is 5.42. The van der Waals surface area contributed by atoms with Crippen LogP contribution in [0, 0.1) is 6.92 Å². The van der Waals surface area contributed by atoms with Crippen molar-refractivity contribution in [2.45, 2.75) is 13.5 Å². The summed E-state index contributed by atoms with van der Waals surface area (Å²) in [6, 6.07) is 17.0. The number of hydrogen-bond acceptors (Lipinski definition) is 5. The number of halogens is 1. The Morgan fingerprint density at radius 1 is 0.933 bits per heavy atom. The molecule has 3 heterocycles. The Hall–Kier alpha value is -2.96. The largest absolute Gasteiger partial charge is 0.353 e. The van der Waals surface area contributed by atoms with Gasteiger partial charge in [0.1, 0.15) is 12.1 Å². The highest BCUT2D eigenvalue weighted by atomic mass is 35.5. The van der Waals surface area contributed by atoms with Gasteiger partial charge in [-0.1, -0.05) is 29.8 Å². The van der Waals surface area contributed by atoms with Crippen LogP contribution >= 0.6 is 12.4 Å². The van der Waals surface area contributed by atoms with Gasteiger partial charge in [0.25, 0.3) is 0 Å². The fourth-order valence-corrected chi connectivity index (χ4v) is 3.92. The highest BCUT2D eigenvalue weighted by molar-refractivity contribution is 5.90. The van der Waals surface area contributed by atoms with Crippen LogP contribution in [0.5, 0.6) is 0 Å². The minimum atomic E-state index is 0. The van der Waals surface area contributed by atoms with Gasteiger partial charge in [0.05, 0.1) is 11.2 Å². The maximum atomic E-state index is 4.64. The maximum absolute atomic E-state index is 4.64. The monoisotopic (exact) mass is 420 g/mol. The number of fused-ring (bicyclic) bond motifs is 1. The van der Waals surface area contributed by atoms with Gasteiger partial charge in [-0.05, 0) is 36.8 Å². The van der Waals surface area contributed by atoms with E-state index in [0.717, 1.165) is 55.1 Å². The van der Waals surface area contributed by atoms with E-state index in [9.17, 15) is 0 Å². The first-order chi connectivity index (χ1) is 14.3. The molecule has 1 aliphatic heterocycles. The molecule has 4 aromatic rings. The number of anilines is 1. The first-order valence-corrected chi connectivity index (χ1v) is 10.0. The lowest BCUT2D eigenvalue weighted by Crippen LogP contribution is -2.46. The van der Waals surface area contributed by atoms with Crippen LogP contribution in [0.25, 0.3) is 16.6 Å². The first-order valence-electron chi connectivity index (χ1n) is 10.0. The van der Waals surface area contributed by atoms with E-state index in [-0.39, 0.29) is 12.4 Å². The molecule has 0 amide bonds. The number of rotatable bonds is 4. The molecule has 1 saturated heterocycles. The number of piperazine rings is 1. The van der Waals surface area contributed by atoms with Crippen molar-refractivity contribution < 1.29 is 0 Å². The summed E-state index contributed by atoms with van der Waals surface area (Å²) in [6.45, 7) is 7.11. The third kappa shape index (κ3) is 4.15. The van der Waals surface area contributed by atoms with Gasteiger partial charge >= 0.3 is 0 Å². The zero-order valence-corrected chi connectivity index (χ0v) is 17.8. The fourth-order valence-electron chi connectivity index (χ4n) is 3.92. The minimum Gasteiger partial charge on any atom is -0.353 e. The van der Waals surface area contributed by atoms with Gasteiger partial charge in [-0.15, -0.1) is 12.4 Å². The summed E-state index contributed by atoms with van der Waals surface area (Å²) in [5.41, 5.74) is 4.67. The smallest absolute Gasteiger partial charge is 0.140 e. The minimum absolute atomic E-state index is 0. The van der Waals surface area contributed by atoms with Crippen molar-refractivity contribution in [3.8, 4) is 5.69 Å². The van der Waals surface area contributed by atoms with Crippen molar-refractivity contribution in [1.82, 2.24) is 24.6 Å². The van der Waals surface area contributed by atoms with Gasteiger partial charge in [0.15, 0.2) is 0 Å². The predicted molar refractivity (Wildman–Crippen MR) is 123 cm³/mol. The maximum Gasteiger partial charge on any atom is 0.140 e. The second-order valence-electron chi connectivity index (χ2n) is 7.60. The Morgan fingerprint density at radius 3 is 2.47 bits per heavy atom. The van der Waals surface area contributed by atoms with Crippen LogP contribution in [0.15, 0.2) is 67.3 Å². The molecular weight excluding hydrogens is 396 g/mol. The lowest BCUT2D eigenvalue weighted by Gasteiger charge is -2.35. The number of hydrogen-bond donors (Lipinski definition) is 0. The second kappa shape index (κ2) is 8.81. The highest BCUT2D eigenvalue weighted by Crippen LogP contribution is 2.26. The van der Waals surface area contributed by atoms with Crippen molar-refractivity contribution in [2.24, 2.45) is 0 Å². The Balaban J connectivity index is 0.00000218. The third-order valence-electron chi connectivity index (χ3n) is 5.57. The first kappa shape index (κ1) is 20.3. The molecule has 0 aliphatic carbocycles. The zero-order chi connectivity index (χ0) is 19.6. The molecule has 2 aromatic carbocycles. The van der Waals surface area contributed by atoms with Crippen LogP contribution in [-0.4, -0.2) is 50.8 Å². The van der Waals surface area contributed by atoms with E-state index >= 15 is 0 Å². The normalized spacial score (nSPS) is 14.6. The van der Waals surface area contributed by atoms with Crippen LogP contribution in [0.3, 0.4) is 0 Å². The topological polar surface area (TPSA) is 50.1 Å². The number of benzene rings is 2. The van der Waals surface area contributed by atoms with E-state index < -0.39 is 0 Å². The van der Waals surface area contributed by atoms with Crippen LogP contribution in [0.1, 0.15) is 11.1 Å². The summed E-state index contributed by atoms with van der Waals surface area (Å²) < 4.78 is 1.87. The van der Waals surface area contributed by atoms with Crippen molar-refractivity contribution in [3.05, 3.63) is 78.4 Å². The van der Waals surface area contributed by atoms with Crippen LogP contribution < -0.4 is 4.90 Å². The van der Waals surface area contributed by atoms with Gasteiger partial charge in [0, 0.05) is 50.5 Å². The Labute approximate surface area is 182 Å². The lowest BCUT2D eigenvalue weighted by molar-refractivity contribution is 0.249. The van der Waals surface area contributed by atoms with E-state index in [0.29, 0.717) is 0 Å². The van der Waals surface area contributed by atoms with Crippen molar-refractivity contribution in [2.75, 3.05) is 31.1 Å². The van der Waals surface area contributed by atoms with Crippen molar-refractivity contribution >= 4 is 29.1 Å². The average molecular weight is 421 g/mol. The summed E-state index contributed by atoms with van der Waals surface area (Å²) >= 11 is 0. The van der Waals surface area contributed by atoms with Gasteiger partial charge in [-0.3, -0.25) is 4.90 Å². The zero-order valence-electron chi connectivity index (χ0n) is 17.0. The van der Waals surface area contributed by atoms with Crippen molar-refractivity contribution in [3.63, 3.8) is 0 Å². The molecule has 0 unspecified atom stereocenters. The van der Waals surface area contributed by atoms with E-state index in [4.69, 9.17) is 0 Å². The van der Waals surface area contributed by atoms with Gasteiger partial charge in [-0.2, -0.15) is 5.10 Å². The Morgan fingerprint density at radius 2 is 1.73 bits per heavy atom. The third-order valence-corrected chi connectivity index (χ3v) is 5.57.